The second kappa shape index (κ2) is 6.06. The van der Waals surface area contributed by atoms with Gasteiger partial charge in [-0.05, 0) is 7.05 Å². The van der Waals surface area contributed by atoms with Crippen LogP contribution in [-0.2, 0) is 18.2 Å². The molecule has 10 nitrogen and oxygen atoms in total. The average molecular weight is 306 g/mol. The number of hydrogen-bond donors (Lipinski definition) is 4. The molecule has 1 fully saturated rings. The summed E-state index contributed by atoms with van der Waals surface area (Å²) in [5.74, 6) is 0. The second-order valence-electron chi connectivity index (χ2n) is 3.84. The Labute approximate surface area is 104 Å². The van der Waals surface area contributed by atoms with Crippen LogP contribution >= 0.6 is 15.6 Å². The molecular formula is C6H16N2O8P2. The van der Waals surface area contributed by atoms with Crippen LogP contribution in [0.2, 0.25) is 0 Å². The van der Waals surface area contributed by atoms with Crippen molar-refractivity contribution in [3.05, 3.63) is 0 Å². The van der Waals surface area contributed by atoms with Crippen LogP contribution in [0.3, 0.4) is 0 Å². The van der Waals surface area contributed by atoms with Gasteiger partial charge in [-0.3, -0.25) is 4.90 Å². The van der Waals surface area contributed by atoms with E-state index >= 15 is 0 Å². The molecule has 0 atom stereocenters. The van der Waals surface area contributed by atoms with Crippen LogP contribution in [0.5, 0.6) is 0 Å². The Morgan fingerprint density at radius 3 is 1.67 bits per heavy atom. The average Bonchev–Trinajstić information content (AvgIpc) is 2.13. The number of hydrogen-bond acceptors (Lipinski definition) is 6. The van der Waals surface area contributed by atoms with Crippen molar-refractivity contribution in [2.45, 2.75) is 6.41 Å². The van der Waals surface area contributed by atoms with Gasteiger partial charge >= 0.3 is 15.6 Å². The molecule has 1 aliphatic rings. The fourth-order valence-corrected chi connectivity index (χ4v) is 2.31. The lowest BCUT2D eigenvalue weighted by molar-refractivity contribution is -0.146. The van der Waals surface area contributed by atoms with Crippen molar-refractivity contribution in [1.82, 2.24) is 9.80 Å². The number of piperazine rings is 1. The van der Waals surface area contributed by atoms with Gasteiger partial charge in [0.1, 0.15) is 0 Å². The molecular weight excluding hydrogens is 290 g/mol. The molecule has 0 radical (unpaired) electrons. The minimum Gasteiger partial charge on any atom is -0.304 e. The van der Waals surface area contributed by atoms with Gasteiger partial charge in [0.25, 0.3) is 0 Å². The zero-order chi connectivity index (χ0) is 14.0. The molecule has 0 amide bonds. The number of rotatable bonds is 5. The molecule has 1 aliphatic heterocycles. The van der Waals surface area contributed by atoms with E-state index in [1.807, 2.05) is 11.9 Å². The van der Waals surface area contributed by atoms with Gasteiger partial charge in [-0.2, -0.15) is 0 Å². The topological polar surface area (TPSA) is 140 Å². The predicted molar refractivity (Wildman–Crippen MR) is 59.1 cm³/mol. The summed E-state index contributed by atoms with van der Waals surface area (Å²) in [6.07, 6.45) is -1.78. The smallest absolute Gasteiger partial charge is 0.304 e. The fraction of sp³-hybridized carbons (Fsp3) is 1.00. The van der Waals surface area contributed by atoms with Crippen molar-refractivity contribution >= 4 is 15.6 Å². The lowest BCUT2D eigenvalue weighted by atomic mass is 10.3. The van der Waals surface area contributed by atoms with Crippen LogP contribution < -0.4 is 0 Å². The van der Waals surface area contributed by atoms with E-state index in [-0.39, 0.29) is 0 Å². The van der Waals surface area contributed by atoms with Crippen LogP contribution in [0.4, 0.5) is 0 Å². The highest BCUT2D eigenvalue weighted by Gasteiger charge is 2.35. The van der Waals surface area contributed by atoms with E-state index in [2.05, 4.69) is 9.05 Å². The summed E-state index contributed by atoms with van der Waals surface area (Å²) >= 11 is 0. The summed E-state index contributed by atoms with van der Waals surface area (Å²) in [6.45, 7) is 1.74. The SMILES string of the molecule is CN1CCN(C(OP(=O)(O)O)OP(=O)(O)O)CC1. The van der Waals surface area contributed by atoms with Crippen LogP contribution in [-0.4, -0.2) is 69.0 Å². The molecule has 18 heavy (non-hydrogen) atoms. The first-order valence-corrected chi connectivity index (χ1v) is 8.03. The maximum Gasteiger partial charge on any atom is 0.472 e. The Morgan fingerprint density at radius 1 is 0.944 bits per heavy atom. The highest BCUT2D eigenvalue weighted by Crippen LogP contribution is 2.45. The van der Waals surface area contributed by atoms with Gasteiger partial charge in [0.2, 0.25) is 6.41 Å². The van der Waals surface area contributed by atoms with Crippen molar-refractivity contribution < 1.29 is 37.8 Å². The third-order valence-electron chi connectivity index (χ3n) is 2.29. The lowest BCUT2D eigenvalue weighted by Gasteiger charge is -2.36. The Kier molecular flexibility index (Phi) is 5.45. The first-order valence-electron chi connectivity index (χ1n) is 4.97. The maximum atomic E-state index is 10.7. The zero-order valence-corrected chi connectivity index (χ0v) is 11.4. The Hall–Kier alpha value is 0.140. The summed E-state index contributed by atoms with van der Waals surface area (Å²) < 4.78 is 30.0. The van der Waals surface area contributed by atoms with Crippen LogP contribution in [0, 0.1) is 0 Å². The molecule has 0 bridgehead atoms. The Bertz CT molecular complexity index is 335. The van der Waals surface area contributed by atoms with E-state index in [1.165, 1.54) is 4.90 Å². The molecule has 1 rings (SSSR count). The molecule has 1 saturated heterocycles. The number of nitrogens with zero attached hydrogens (tertiary/aromatic N) is 2. The molecule has 1 heterocycles. The first kappa shape index (κ1) is 16.2. The highest BCUT2D eigenvalue weighted by atomic mass is 31.2. The molecule has 108 valence electrons. The van der Waals surface area contributed by atoms with Gasteiger partial charge in [0.05, 0.1) is 0 Å². The summed E-state index contributed by atoms with van der Waals surface area (Å²) in [7, 11) is -7.98. The monoisotopic (exact) mass is 306 g/mol. The first-order chi connectivity index (χ1) is 8.07. The van der Waals surface area contributed by atoms with E-state index < -0.39 is 22.1 Å². The van der Waals surface area contributed by atoms with Crippen LogP contribution in [0.25, 0.3) is 0 Å². The van der Waals surface area contributed by atoms with Crippen molar-refractivity contribution in [1.29, 1.82) is 0 Å². The molecule has 0 aromatic heterocycles. The fourth-order valence-electron chi connectivity index (χ4n) is 1.42. The molecule has 4 N–H and O–H groups in total. The van der Waals surface area contributed by atoms with Gasteiger partial charge < -0.3 is 24.5 Å². The normalized spacial score (nSPS) is 20.6. The van der Waals surface area contributed by atoms with Gasteiger partial charge in [0, 0.05) is 26.2 Å². The molecule has 0 unspecified atom stereocenters. The van der Waals surface area contributed by atoms with E-state index in [0.29, 0.717) is 26.2 Å². The van der Waals surface area contributed by atoms with Crippen LogP contribution in [0.1, 0.15) is 0 Å². The predicted octanol–water partition coefficient (Wildman–Crippen LogP) is -1.26. The standard InChI is InChI=1S/C6H16N2O8P2/c1-7-2-4-8(5-3-7)6(15-17(9,10)11)16-18(12,13)14/h6H,2-5H2,1H3,(H2,9,10,11)(H2,12,13,14). The highest BCUT2D eigenvalue weighted by molar-refractivity contribution is 7.47. The van der Waals surface area contributed by atoms with Gasteiger partial charge in [-0.25, -0.2) is 18.2 Å². The summed E-state index contributed by atoms with van der Waals surface area (Å²) in [5.41, 5.74) is 0. The van der Waals surface area contributed by atoms with Crippen LogP contribution in [0.15, 0.2) is 0 Å². The molecule has 0 saturated carbocycles. The molecule has 0 aliphatic carbocycles. The Balaban J connectivity index is 2.71. The van der Waals surface area contributed by atoms with Crippen molar-refractivity contribution in [2.75, 3.05) is 33.2 Å². The second-order valence-corrected chi connectivity index (χ2v) is 6.22. The summed E-state index contributed by atoms with van der Waals surface area (Å²) in [5, 5.41) is 0. The minimum atomic E-state index is -4.91. The quantitative estimate of drug-likeness (QED) is 0.359. The maximum absolute atomic E-state index is 10.7. The van der Waals surface area contributed by atoms with Gasteiger partial charge in [-0.1, -0.05) is 0 Å². The third-order valence-corrected chi connectivity index (χ3v) is 3.20. The van der Waals surface area contributed by atoms with E-state index in [0.717, 1.165) is 0 Å². The molecule has 0 aromatic rings. The molecule has 0 spiro atoms. The summed E-state index contributed by atoms with van der Waals surface area (Å²) in [6, 6.07) is 0. The van der Waals surface area contributed by atoms with Crippen molar-refractivity contribution in [3.63, 3.8) is 0 Å². The minimum absolute atomic E-state index is 0.307. The Morgan fingerprint density at radius 2 is 1.33 bits per heavy atom. The van der Waals surface area contributed by atoms with Gasteiger partial charge in [0.15, 0.2) is 0 Å². The van der Waals surface area contributed by atoms with Gasteiger partial charge in [-0.15, -0.1) is 0 Å². The lowest BCUT2D eigenvalue weighted by Crippen LogP contribution is -2.50. The molecule has 12 heteroatoms. The van der Waals surface area contributed by atoms with E-state index in [9.17, 15) is 9.13 Å². The number of likely N-dealkylation sites (N-methyl/N-ethyl adjacent to an activating group) is 1. The largest absolute Gasteiger partial charge is 0.472 e. The summed E-state index contributed by atoms with van der Waals surface area (Å²) in [4.78, 5) is 38.0. The van der Waals surface area contributed by atoms with E-state index in [1.54, 1.807) is 0 Å². The van der Waals surface area contributed by atoms with E-state index in [4.69, 9.17) is 19.6 Å². The molecule has 0 aromatic carbocycles. The number of phosphoric ester groups is 2. The number of phosphoric acid groups is 2. The zero-order valence-electron chi connectivity index (χ0n) is 9.62. The van der Waals surface area contributed by atoms with Crippen molar-refractivity contribution in [3.8, 4) is 0 Å². The third kappa shape index (κ3) is 6.35. The van der Waals surface area contributed by atoms with Crippen molar-refractivity contribution in [2.24, 2.45) is 0 Å².